The van der Waals surface area contributed by atoms with Crippen molar-refractivity contribution < 1.29 is 19.1 Å². The van der Waals surface area contributed by atoms with E-state index >= 15 is 0 Å². The van der Waals surface area contributed by atoms with Gasteiger partial charge in [-0.1, -0.05) is 6.07 Å². The van der Waals surface area contributed by atoms with Crippen molar-refractivity contribution in [2.45, 2.75) is 6.92 Å². The molecule has 5 heteroatoms. The van der Waals surface area contributed by atoms with Gasteiger partial charge >= 0.3 is 11.9 Å². The van der Waals surface area contributed by atoms with Gasteiger partial charge in [-0.05, 0) is 25.1 Å². The number of hydrogen-bond donors (Lipinski definition) is 0. The second kappa shape index (κ2) is 4.91. The van der Waals surface area contributed by atoms with Crippen LogP contribution in [-0.2, 0) is 9.47 Å². The van der Waals surface area contributed by atoms with Gasteiger partial charge in [0.15, 0.2) is 0 Å². The van der Waals surface area contributed by atoms with Gasteiger partial charge in [-0.25, -0.2) is 9.59 Å². The third kappa shape index (κ3) is 1.95. The zero-order valence-corrected chi connectivity index (χ0v) is 10.2. The van der Waals surface area contributed by atoms with Crippen molar-refractivity contribution in [3.8, 4) is 0 Å². The van der Waals surface area contributed by atoms with Crippen molar-refractivity contribution in [3.05, 3.63) is 41.7 Å². The summed E-state index contributed by atoms with van der Waals surface area (Å²) in [5.74, 6) is -0.942. The van der Waals surface area contributed by atoms with Crippen LogP contribution in [0.3, 0.4) is 0 Å². The number of aromatic nitrogens is 1. The topological polar surface area (TPSA) is 57.0 Å². The van der Waals surface area contributed by atoms with E-state index in [0.29, 0.717) is 16.8 Å². The maximum Gasteiger partial charge on any atom is 0.355 e. The predicted octanol–water partition coefficient (Wildman–Crippen LogP) is 1.90. The molecule has 0 aromatic carbocycles. The van der Waals surface area contributed by atoms with Crippen LogP contribution in [-0.4, -0.2) is 30.1 Å². The van der Waals surface area contributed by atoms with E-state index in [4.69, 9.17) is 9.47 Å². The number of nitrogens with zero attached hydrogens (tertiary/aromatic N) is 1. The van der Waals surface area contributed by atoms with Crippen LogP contribution in [0.5, 0.6) is 0 Å². The maximum absolute atomic E-state index is 11.8. The lowest BCUT2D eigenvalue weighted by Gasteiger charge is -2.01. The van der Waals surface area contributed by atoms with Crippen LogP contribution in [0.1, 0.15) is 27.8 Å². The van der Waals surface area contributed by atoms with Gasteiger partial charge in [0, 0.05) is 6.20 Å². The molecule has 0 amide bonds. The summed E-state index contributed by atoms with van der Waals surface area (Å²) < 4.78 is 11.3. The summed E-state index contributed by atoms with van der Waals surface area (Å²) >= 11 is 0. The average molecular weight is 247 g/mol. The van der Waals surface area contributed by atoms with E-state index in [0.717, 1.165) is 0 Å². The first kappa shape index (κ1) is 12.2. The molecule has 0 radical (unpaired) electrons. The SMILES string of the molecule is CCOC(=O)c1cc(C(=O)OC)c2ccccn12. The monoisotopic (exact) mass is 247 g/mol. The van der Waals surface area contributed by atoms with Gasteiger partial charge < -0.3 is 13.9 Å². The number of pyridine rings is 1. The zero-order valence-electron chi connectivity index (χ0n) is 10.2. The van der Waals surface area contributed by atoms with E-state index < -0.39 is 11.9 Å². The summed E-state index contributed by atoms with van der Waals surface area (Å²) in [6, 6.07) is 6.79. The quantitative estimate of drug-likeness (QED) is 0.777. The normalized spacial score (nSPS) is 10.3. The molecule has 5 nitrogen and oxygen atoms in total. The second-order valence-corrected chi connectivity index (χ2v) is 3.61. The van der Waals surface area contributed by atoms with E-state index in [2.05, 4.69) is 0 Å². The lowest BCUT2D eigenvalue weighted by Crippen LogP contribution is -2.07. The standard InChI is InChI=1S/C13H13NO4/c1-3-18-13(16)11-8-9(12(15)17-2)10-6-4-5-7-14(10)11/h4-8H,3H2,1-2H3. The van der Waals surface area contributed by atoms with Gasteiger partial charge in [0.05, 0.1) is 24.8 Å². The first-order valence-corrected chi connectivity index (χ1v) is 5.54. The minimum atomic E-state index is -0.478. The Morgan fingerprint density at radius 3 is 2.72 bits per heavy atom. The first-order chi connectivity index (χ1) is 8.69. The molecule has 0 aliphatic heterocycles. The largest absolute Gasteiger partial charge is 0.465 e. The van der Waals surface area contributed by atoms with Crippen molar-refractivity contribution in [3.63, 3.8) is 0 Å². The van der Waals surface area contributed by atoms with E-state index in [-0.39, 0.29) is 6.61 Å². The van der Waals surface area contributed by atoms with Crippen LogP contribution in [0.25, 0.3) is 5.52 Å². The Balaban J connectivity index is 2.61. The van der Waals surface area contributed by atoms with Crippen molar-refractivity contribution >= 4 is 17.5 Å². The third-order valence-electron chi connectivity index (χ3n) is 2.57. The van der Waals surface area contributed by atoms with Crippen molar-refractivity contribution in [1.29, 1.82) is 0 Å². The fourth-order valence-corrected chi connectivity index (χ4v) is 1.79. The van der Waals surface area contributed by atoms with Crippen molar-refractivity contribution in [1.82, 2.24) is 4.40 Å². The summed E-state index contributed by atoms with van der Waals surface area (Å²) in [6.07, 6.45) is 1.70. The number of fused-ring (bicyclic) bond motifs is 1. The van der Waals surface area contributed by atoms with Crippen LogP contribution >= 0.6 is 0 Å². The van der Waals surface area contributed by atoms with Crippen LogP contribution in [0.15, 0.2) is 30.5 Å². The minimum Gasteiger partial charge on any atom is -0.465 e. The number of esters is 2. The van der Waals surface area contributed by atoms with Gasteiger partial charge in [-0.2, -0.15) is 0 Å². The second-order valence-electron chi connectivity index (χ2n) is 3.61. The average Bonchev–Trinajstić information content (AvgIpc) is 2.78. The number of rotatable bonds is 3. The number of ether oxygens (including phenoxy) is 2. The van der Waals surface area contributed by atoms with Crippen molar-refractivity contribution in [2.24, 2.45) is 0 Å². The molecule has 0 N–H and O–H groups in total. The number of hydrogen-bond acceptors (Lipinski definition) is 4. The molecule has 0 unspecified atom stereocenters. The molecule has 0 aliphatic rings. The molecule has 18 heavy (non-hydrogen) atoms. The molecule has 2 aromatic rings. The molecule has 2 heterocycles. The summed E-state index contributed by atoms with van der Waals surface area (Å²) in [5, 5.41) is 0. The highest BCUT2D eigenvalue weighted by Gasteiger charge is 2.20. The Bertz CT molecular complexity index is 600. The first-order valence-electron chi connectivity index (χ1n) is 5.54. The molecule has 2 aromatic heterocycles. The molecule has 0 spiro atoms. The summed E-state index contributed by atoms with van der Waals surface area (Å²) in [6.45, 7) is 2.02. The molecular weight excluding hydrogens is 234 g/mol. The molecule has 0 fully saturated rings. The Morgan fingerprint density at radius 1 is 1.28 bits per heavy atom. The Morgan fingerprint density at radius 2 is 2.06 bits per heavy atom. The van der Waals surface area contributed by atoms with Crippen LogP contribution in [0, 0.1) is 0 Å². The summed E-state index contributed by atoms with van der Waals surface area (Å²) in [5.41, 5.74) is 1.28. The fourth-order valence-electron chi connectivity index (χ4n) is 1.79. The van der Waals surface area contributed by atoms with Gasteiger partial charge in [-0.15, -0.1) is 0 Å². The molecule has 0 saturated heterocycles. The lowest BCUT2D eigenvalue weighted by molar-refractivity contribution is 0.0518. The number of methoxy groups -OCH3 is 1. The molecule has 94 valence electrons. The molecule has 0 bridgehead atoms. The third-order valence-corrected chi connectivity index (χ3v) is 2.57. The lowest BCUT2D eigenvalue weighted by atomic mass is 10.2. The minimum absolute atomic E-state index is 0.284. The smallest absolute Gasteiger partial charge is 0.355 e. The van der Waals surface area contributed by atoms with Crippen molar-refractivity contribution in [2.75, 3.05) is 13.7 Å². The Hall–Kier alpha value is -2.30. The van der Waals surface area contributed by atoms with E-state index in [1.807, 2.05) is 0 Å². The van der Waals surface area contributed by atoms with Gasteiger partial charge in [0.2, 0.25) is 0 Å². The van der Waals surface area contributed by atoms with Crippen LogP contribution in [0.4, 0.5) is 0 Å². The van der Waals surface area contributed by atoms with Gasteiger partial charge in [0.25, 0.3) is 0 Å². The van der Waals surface area contributed by atoms with Gasteiger partial charge in [0.1, 0.15) is 5.69 Å². The van der Waals surface area contributed by atoms with E-state index in [1.165, 1.54) is 13.2 Å². The molecule has 2 rings (SSSR count). The van der Waals surface area contributed by atoms with E-state index in [9.17, 15) is 9.59 Å². The molecular formula is C13H13NO4. The van der Waals surface area contributed by atoms with Crippen LogP contribution < -0.4 is 0 Å². The number of carbonyl (C=O) groups excluding carboxylic acids is 2. The van der Waals surface area contributed by atoms with Gasteiger partial charge in [-0.3, -0.25) is 0 Å². The zero-order chi connectivity index (χ0) is 13.1. The summed E-state index contributed by atoms with van der Waals surface area (Å²) in [7, 11) is 1.30. The Labute approximate surface area is 104 Å². The molecule has 0 saturated carbocycles. The highest BCUT2D eigenvalue weighted by Crippen LogP contribution is 2.18. The highest BCUT2D eigenvalue weighted by atomic mass is 16.5. The highest BCUT2D eigenvalue weighted by molar-refractivity contribution is 6.01. The fraction of sp³-hybridized carbons (Fsp3) is 0.231. The van der Waals surface area contributed by atoms with Crippen LogP contribution in [0.2, 0.25) is 0 Å². The number of carbonyl (C=O) groups is 2. The summed E-state index contributed by atoms with van der Waals surface area (Å²) in [4.78, 5) is 23.4. The maximum atomic E-state index is 11.8. The molecule has 0 atom stereocenters. The van der Waals surface area contributed by atoms with E-state index in [1.54, 1.807) is 35.7 Å². The predicted molar refractivity (Wildman–Crippen MR) is 64.7 cm³/mol. The Kier molecular flexibility index (Phi) is 3.32. The molecule has 0 aliphatic carbocycles.